The molecule has 0 radical (unpaired) electrons. The Labute approximate surface area is 118 Å². The van der Waals surface area contributed by atoms with E-state index >= 15 is 0 Å². The summed E-state index contributed by atoms with van der Waals surface area (Å²) in [6, 6.07) is 0. The van der Waals surface area contributed by atoms with Gasteiger partial charge in [-0.2, -0.15) is 0 Å². The third kappa shape index (κ3) is 4.21. The van der Waals surface area contributed by atoms with E-state index in [0.29, 0.717) is 13.2 Å². The van der Waals surface area contributed by atoms with Gasteiger partial charge in [0.05, 0.1) is 24.7 Å². The van der Waals surface area contributed by atoms with Crippen LogP contribution in [0.25, 0.3) is 0 Å². The Bertz CT molecular complexity index is 275. The standard InChI is InChI=1S/C13H24BrNO3/c1-8-9(2)18-10(3)12(8)13(16)15-6-5-11(14)7-17-4/h8-12H,5-7H2,1-4H3,(H,15,16). The van der Waals surface area contributed by atoms with Crippen LogP contribution in [0.4, 0.5) is 0 Å². The maximum absolute atomic E-state index is 12.1. The minimum Gasteiger partial charge on any atom is -0.384 e. The SMILES string of the molecule is COCC(Br)CCNC(=O)C1C(C)OC(C)C1C. The van der Waals surface area contributed by atoms with Gasteiger partial charge in [-0.15, -0.1) is 0 Å². The van der Waals surface area contributed by atoms with E-state index < -0.39 is 0 Å². The minimum atomic E-state index is -0.0313. The first-order valence-electron chi connectivity index (χ1n) is 6.53. The summed E-state index contributed by atoms with van der Waals surface area (Å²) in [5, 5.41) is 2.99. The van der Waals surface area contributed by atoms with Gasteiger partial charge < -0.3 is 14.8 Å². The van der Waals surface area contributed by atoms with Gasteiger partial charge in [0.15, 0.2) is 0 Å². The van der Waals surface area contributed by atoms with Crippen LogP contribution in [0.1, 0.15) is 27.2 Å². The van der Waals surface area contributed by atoms with Crippen LogP contribution < -0.4 is 5.32 Å². The Morgan fingerprint density at radius 2 is 2.06 bits per heavy atom. The molecule has 0 saturated carbocycles. The maximum atomic E-state index is 12.1. The van der Waals surface area contributed by atoms with E-state index in [-0.39, 0.29) is 34.8 Å². The van der Waals surface area contributed by atoms with E-state index in [1.165, 1.54) is 0 Å². The fraction of sp³-hybridized carbons (Fsp3) is 0.923. The Balaban J connectivity index is 2.32. The number of nitrogens with one attached hydrogen (secondary N) is 1. The number of hydrogen-bond acceptors (Lipinski definition) is 3. The highest BCUT2D eigenvalue weighted by molar-refractivity contribution is 9.09. The fourth-order valence-electron chi connectivity index (χ4n) is 2.45. The van der Waals surface area contributed by atoms with Crippen molar-refractivity contribution in [1.29, 1.82) is 0 Å². The summed E-state index contributed by atoms with van der Waals surface area (Å²) in [5.74, 6) is 0.353. The van der Waals surface area contributed by atoms with E-state index in [2.05, 4.69) is 28.2 Å². The number of rotatable bonds is 6. The van der Waals surface area contributed by atoms with Gasteiger partial charge in [-0.3, -0.25) is 4.79 Å². The zero-order valence-corrected chi connectivity index (χ0v) is 13.2. The van der Waals surface area contributed by atoms with Gasteiger partial charge in [0.2, 0.25) is 5.91 Å². The van der Waals surface area contributed by atoms with Crippen LogP contribution in [0, 0.1) is 11.8 Å². The number of carbonyl (C=O) groups excluding carboxylic acids is 1. The molecule has 1 rings (SSSR count). The van der Waals surface area contributed by atoms with Gasteiger partial charge in [-0.05, 0) is 26.2 Å². The second-order valence-electron chi connectivity index (χ2n) is 5.06. The number of methoxy groups -OCH3 is 1. The zero-order chi connectivity index (χ0) is 13.7. The van der Waals surface area contributed by atoms with Crippen molar-refractivity contribution in [2.75, 3.05) is 20.3 Å². The normalized spacial score (nSPS) is 33.4. The van der Waals surface area contributed by atoms with Crippen molar-refractivity contribution in [1.82, 2.24) is 5.32 Å². The lowest BCUT2D eigenvalue weighted by atomic mass is 9.89. The summed E-state index contributed by atoms with van der Waals surface area (Å²) < 4.78 is 10.7. The number of halogens is 1. The monoisotopic (exact) mass is 321 g/mol. The molecule has 1 fully saturated rings. The van der Waals surface area contributed by atoms with Crippen molar-refractivity contribution >= 4 is 21.8 Å². The van der Waals surface area contributed by atoms with Crippen molar-refractivity contribution in [3.05, 3.63) is 0 Å². The summed E-state index contributed by atoms with van der Waals surface area (Å²) in [7, 11) is 1.67. The Hall–Kier alpha value is -0.130. The molecular formula is C13H24BrNO3. The first-order valence-corrected chi connectivity index (χ1v) is 7.45. The Morgan fingerprint density at radius 1 is 1.39 bits per heavy atom. The molecule has 1 heterocycles. The molecule has 4 nitrogen and oxygen atoms in total. The molecule has 0 bridgehead atoms. The smallest absolute Gasteiger partial charge is 0.226 e. The van der Waals surface area contributed by atoms with Gasteiger partial charge in [-0.25, -0.2) is 0 Å². The largest absolute Gasteiger partial charge is 0.384 e. The molecular weight excluding hydrogens is 298 g/mol. The zero-order valence-electron chi connectivity index (χ0n) is 11.6. The van der Waals surface area contributed by atoms with Crippen molar-refractivity contribution in [2.24, 2.45) is 11.8 Å². The van der Waals surface area contributed by atoms with Gasteiger partial charge >= 0.3 is 0 Å². The molecule has 0 aromatic carbocycles. The van der Waals surface area contributed by atoms with Gasteiger partial charge in [0.1, 0.15) is 0 Å². The predicted octanol–water partition coefficient (Wildman–Crippen LogP) is 1.96. The molecule has 106 valence electrons. The van der Waals surface area contributed by atoms with Crippen LogP contribution in [0.3, 0.4) is 0 Å². The molecule has 5 atom stereocenters. The molecule has 1 aliphatic heterocycles. The molecule has 0 spiro atoms. The van der Waals surface area contributed by atoms with E-state index in [9.17, 15) is 4.79 Å². The van der Waals surface area contributed by atoms with E-state index in [0.717, 1.165) is 6.42 Å². The van der Waals surface area contributed by atoms with Crippen LogP contribution in [-0.2, 0) is 14.3 Å². The van der Waals surface area contributed by atoms with Gasteiger partial charge in [0, 0.05) is 18.5 Å². The van der Waals surface area contributed by atoms with Crippen LogP contribution in [0.2, 0.25) is 0 Å². The van der Waals surface area contributed by atoms with E-state index in [1.807, 2.05) is 13.8 Å². The highest BCUT2D eigenvalue weighted by Gasteiger charge is 2.41. The fourth-order valence-corrected chi connectivity index (χ4v) is 2.95. The number of hydrogen-bond donors (Lipinski definition) is 1. The van der Waals surface area contributed by atoms with Crippen molar-refractivity contribution in [2.45, 2.75) is 44.2 Å². The summed E-state index contributed by atoms with van der Waals surface area (Å²) in [6.07, 6.45) is 1.03. The lowest BCUT2D eigenvalue weighted by molar-refractivity contribution is -0.127. The lowest BCUT2D eigenvalue weighted by Gasteiger charge is -2.18. The minimum absolute atomic E-state index is 0.00809. The molecule has 1 aliphatic rings. The number of amides is 1. The Kier molecular flexibility index (Phi) is 6.60. The summed E-state index contributed by atoms with van der Waals surface area (Å²) >= 11 is 3.50. The number of ether oxygens (including phenoxy) is 2. The molecule has 5 unspecified atom stereocenters. The maximum Gasteiger partial charge on any atom is 0.226 e. The number of carbonyl (C=O) groups is 1. The molecule has 5 heteroatoms. The molecule has 1 amide bonds. The van der Waals surface area contributed by atoms with E-state index in [4.69, 9.17) is 9.47 Å². The van der Waals surface area contributed by atoms with Crippen LogP contribution in [0.15, 0.2) is 0 Å². The van der Waals surface area contributed by atoms with Gasteiger partial charge in [0.25, 0.3) is 0 Å². The molecule has 0 aliphatic carbocycles. The second kappa shape index (κ2) is 7.46. The number of alkyl halides is 1. The molecule has 0 aromatic heterocycles. The first kappa shape index (κ1) is 15.9. The third-order valence-electron chi connectivity index (χ3n) is 3.65. The highest BCUT2D eigenvalue weighted by atomic mass is 79.9. The highest BCUT2D eigenvalue weighted by Crippen LogP contribution is 2.32. The van der Waals surface area contributed by atoms with Crippen LogP contribution in [-0.4, -0.2) is 43.2 Å². The summed E-state index contributed by atoms with van der Waals surface area (Å²) in [6.45, 7) is 7.41. The van der Waals surface area contributed by atoms with Crippen LogP contribution >= 0.6 is 15.9 Å². The van der Waals surface area contributed by atoms with Crippen molar-refractivity contribution in [3.8, 4) is 0 Å². The summed E-state index contributed by atoms with van der Waals surface area (Å²) in [5.41, 5.74) is 0. The first-order chi connectivity index (χ1) is 8.47. The molecule has 1 saturated heterocycles. The van der Waals surface area contributed by atoms with Crippen molar-refractivity contribution < 1.29 is 14.3 Å². The average molecular weight is 322 g/mol. The molecule has 0 aromatic rings. The Morgan fingerprint density at radius 3 is 2.56 bits per heavy atom. The van der Waals surface area contributed by atoms with Crippen LogP contribution in [0.5, 0.6) is 0 Å². The van der Waals surface area contributed by atoms with Crippen molar-refractivity contribution in [3.63, 3.8) is 0 Å². The summed E-state index contributed by atoms with van der Waals surface area (Å²) in [4.78, 5) is 12.4. The van der Waals surface area contributed by atoms with Gasteiger partial charge in [-0.1, -0.05) is 22.9 Å². The second-order valence-corrected chi connectivity index (χ2v) is 6.36. The quantitative estimate of drug-likeness (QED) is 0.761. The molecule has 1 N–H and O–H groups in total. The van der Waals surface area contributed by atoms with E-state index in [1.54, 1.807) is 7.11 Å². The average Bonchev–Trinajstić information content (AvgIpc) is 2.53. The lowest BCUT2D eigenvalue weighted by Crippen LogP contribution is -2.38. The molecule has 18 heavy (non-hydrogen) atoms. The predicted molar refractivity (Wildman–Crippen MR) is 74.9 cm³/mol. The third-order valence-corrected chi connectivity index (χ3v) is 4.37. The topological polar surface area (TPSA) is 47.6 Å².